The molecule has 0 aromatic carbocycles. The SMILES string of the molecule is CC(C)Cn1nc(-c2cccs2)cc1CC#N. The monoisotopic (exact) mass is 245 g/mol. The summed E-state index contributed by atoms with van der Waals surface area (Å²) in [6.45, 7) is 5.17. The third-order valence-electron chi connectivity index (χ3n) is 2.44. The van der Waals surface area contributed by atoms with E-state index in [4.69, 9.17) is 5.26 Å². The van der Waals surface area contributed by atoms with E-state index >= 15 is 0 Å². The Morgan fingerprint density at radius 3 is 2.94 bits per heavy atom. The summed E-state index contributed by atoms with van der Waals surface area (Å²) in [5.74, 6) is 0.531. The highest BCUT2D eigenvalue weighted by molar-refractivity contribution is 7.13. The highest BCUT2D eigenvalue weighted by atomic mass is 32.1. The second-order valence-corrected chi connectivity index (χ2v) is 5.36. The molecule has 88 valence electrons. The van der Waals surface area contributed by atoms with Gasteiger partial charge in [0.25, 0.3) is 0 Å². The summed E-state index contributed by atoms with van der Waals surface area (Å²) in [6.07, 6.45) is 0.422. The maximum absolute atomic E-state index is 8.83. The van der Waals surface area contributed by atoms with E-state index in [0.29, 0.717) is 12.3 Å². The summed E-state index contributed by atoms with van der Waals surface area (Å²) in [7, 11) is 0. The van der Waals surface area contributed by atoms with E-state index in [1.807, 2.05) is 22.2 Å². The fourth-order valence-electron chi connectivity index (χ4n) is 1.73. The van der Waals surface area contributed by atoms with Crippen molar-refractivity contribution in [2.24, 2.45) is 5.92 Å². The van der Waals surface area contributed by atoms with Crippen molar-refractivity contribution in [3.05, 3.63) is 29.3 Å². The minimum Gasteiger partial charge on any atom is -0.268 e. The predicted molar refractivity (Wildman–Crippen MR) is 69.7 cm³/mol. The molecule has 0 N–H and O–H groups in total. The topological polar surface area (TPSA) is 41.6 Å². The Kier molecular flexibility index (Phi) is 3.60. The Hall–Kier alpha value is -1.60. The van der Waals surface area contributed by atoms with Crippen LogP contribution in [0.2, 0.25) is 0 Å². The molecule has 0 aliphatic carbocycles. The van der Waals surface area contributed by atoms with Gasteiger partial charge in [0, 0.05) is 6.54 Å². The molecule has 0 aliphatic rings. The van der Waals surface area contributed by atoms with Crippen LogP contribution >= 0.6 is 11.3 Å². The van der Waals surface area contributed by atoms with E-state index in [-0.39, 0.29) is 0 Å². The van der Waals surface area contributed by atoms with E-state index in [2.05, 4.69) is 31.1 Å². The van der Waals surface area contributed by atoms with Crippen molar-refractivity contribution >= 4 is 11.3 Å². The molecule has 0 saturated carbocycles. The van der Waals surface area contributed by atoms with Gasteiger partial charge in [0.15, 0.2) is 0 Å². The zero-order chi connectivity index (χ0) is 12.3. The summed E-state index contributed by atoms with van der Waals surface area (Å²) < 4.78 is 1.96. The van der Waals surface area contributed by atoms with Gasteiger partial charge in [-0.05, 0) is 23.4 Å². The molecule has 0 unspecified atom stereocenters. The van der Waals surface area contributed by atoms with Crippen molar-refractivity contribution in [1.29, 1.82) is 5.26 Å². The van der Waals surface area contributed by atoms with Gasteiger partial charge in [0.05, 0.1) is 23.1 Å². The fraction of sp³-hybridized carbons (Fsp3) is 0.385. The molecule has 2 heterocycles. The molecule has 2 aromatic rings. The number of hydrogen-bond donors (Lipinski definition) is 0. The fourth-order valence-corrected chi connectivity index (χ4v) is 2.41. The lowest BCUT2D eigenvalue weighted by Crippen LogP contribution is -2.09. The number of rotatable bonds is 4. The summed E-state index contributed by atoms with van der Waals surface area (Å²) >= 11 is 1.68. The third kappa shape index (κ3) is 2.75. The van der Waals surface area contributed by atoms with E-state index in [9.17, 15) is 0 Å². The van der Waals surface area contributed by atoms with E-state index < -0.39 is 0 Å². The normalized spacial score (nSPS) is 10.7. The summed E-state index contributed by atoms with van der Waals surface area (Å²) in [6, 6.07) is 8.30. The first-order chi connectivity index (χ1) is 8.20. The Bertz CT molecular complexity index is 517. The van der Waals surface area contributed by atoms with Gasteiger partial charge in [-0.25, -0.2) is 0 Å². The summed E-state index contributed by atoms with van der Waals surface area (Å²) in [5, 5.41) is 15.5. The van der Waals surface area contributed by atoms with Gasteiger partial charge < -0.3 is 0 Å². The van der Waals surface area contributed by atoms with E-state index in [1.54, 1.807) is 11.3 Å². The molecule has 0 amide bonds. The van der Waals surface area contributed by atoms with Crippen molar-refractivity contribution in [2.45, 2.75) is 26.8 Å². The molecule has 0 radical (unpaired) electrons. The van der Waals surface area contributed by atoms with Crippen LogP contribution < -0.4 is 0 Å². The second kappa shape index (κ2) is 5.15. The van der Waals surface area contributed by atoms with Crippen molar-refractivity contribution in [3.8, 4) is 16.6 Å². The van der Waals surface area contributed by atoms with Crippen LogP contribution in [0.3, 0.4) is 0 Å². The first-order valence-electron chi connectivity index (χ1n) is 5.68. The number of thiophene rings is 1. The summed E-state index contributed by atoms with van der Waals surface area (Å²) in [5.41, 5.74) is 1.98. The van der Waals surface area contributed by atoms with Crippen LogP contribution in [0.5, 0.6) is 0 Å². The molecule has 0 spiro atoms. The van der Waals surface area contributed by atoms with E-state index in [1.165, 1.54) is 0 Å². The molecule has 0 bridgehead atoms. The maximum atomic E-state index is 8.83. The maximum Gasteiger partial charge on any atom is 0.103 e. The Labute approximate surface area is 105 Å². The van der Waals surface area contributed by atoms with Crippen LogP contribution in [-0.2, 0) is 13.0 Å². The molecular formula is C13H15N3S. The Morgan fingerprint density at radius 1 is 1.53 bits per heavy atom. The molecule has 0 fully saturated rings. The van der Waals surface area contributed by atoms with Gasteiger partial charge in [-0.3, -0.25) is 4.68 Å². The van der Waals surface area contributed by atoms with Gasteiger partial charge in [-0.15, -0.1) is 11.3 Å². The van der Waals surface area contributed by atoms with Crippen LogP contribution in [0, 0.1) is 17.2 Å². The second-order valence-electron chi connectivity index (χ2n) is 4.41. The van der Waals surface area contributed by atoms with Crippen molar-refractivity contribution < 1.29 is 0 Å². The Balaban J connectivity index is 2.34. The van der Waals surface area contributed by atoms with Crippen LogP contribution in [-0.4, -0.2) is 9.78 Å². The molecule has 4 heteroatoms. The number of hydrogen-bond acceptors (Lipinski definition) is 3. The minimum atomic E-state index is 0.422. The van der Waals surface area contributed by atoms with Gasteiger partial charge in [0.1, 0.15) is 5.69 Å². The summed E-state index contributed by atoms with van der Waals surface area (Å²) in [4.78, 5) is 1.16. The number of nitrogens with zero attached hydrogens (tertiary/aromatic N) is 3. The van der Waals surface area contributed by atoms with E-state index in [0.717, 1.165) is 22.8 Å². The predicted octanol–water partition coefficient (Wildman–Crippen LogP) is 3.33. The van der Waals surface area contributed by atoms with Gasteiger partial charge in [0.2, 0.25) is 0 Å². The first-order valence-corrected chi connectivity index (χ1v) is 6.56. The lowest BCUT2D eigenvalue weighted by molar-refractivity contribution is 0.473. The Morgan fingerprint density at radius 2 is 2.35 bits per heavy atom. The highest BCUT2D eigenvalue weighted by Gasteiger charge is 2.10. The van der Waals surface area contributed by atoms with Gasteiger partial charge >= 0.3 is 0 Å². The molecule has 0 aliphatic heterocycles. The third-order valence-corrected chi connectivity index (χ3v) is 3.33. The quantitative estimate of drug-likeness (QED) is 0.829. The average molecular weight is 245 g/mol. The molecule has 0 saturated heterocycles. The van der Waals surface area contributed by atoms with Crippen molar-refractivity contribution in [1.82, 2.24) is 9.78 Å². The number of nitriles is 1. The zero-order valence-electron chi connectivity index (χ0n) is 10.1. The molecule has 2 aromatic heterocycles. The lowest BCUT2D eigenvalue weighted by atomic mass is 10.2. The van der Waals surface area contributed by atoms with Gasteiger partial charge in [-0.2, -0.15) is 10.4 Å². The average Bonchev–Trinajstić information content (AvgIpc) is 2.87. The van der Waals surface area contributed by atoms with Crippen molar-refractivity contribution in [2.75, 3.05) is 0 Å². The molecule has 3 nitrogen and oxygen atoms in total. The van der Waals surface area contributed by atoms with Crippen LogP contribution in [0.1, 0.15) is 19.5 Å². The first kappa shape index (κ1) is 11.9. The van der Waals surface area contributed by atoms with Crippen molar-refractivity contribution in [3.63, 3.8) is 0 Å². The van der Waals surface area contributed by atoms with Crippen LogP contribution in [0.15, 0.2) is 23.6 Å². The largest absolute Gasteiger partial charge is 0.268 e. The molecule has 2 rings (SSSR count). The minimum absolute atomic E-state index is 0.422. The number of aromatic nitrogens is 2. The zero-order valence-corrected chi connectivity index (χ0v) is 10.9. The molecule has 0 atom stereocenters. The highest BCUT2D eigenvalue weighted by Crippen LogP contribution is 2.24. The van der Waals surface area contributed by atoms with Gasteiger partial charge in [-0.1, -0.05) is 19.9 Å². The van der Waals surface area contributed by atoms with Crippen LogP contribution in [0.25, 0.3) is 10.6 Å². The molecular weight excluding hydrogens is 230 g/mol. The standard InChI is InChI=1S/C13H15N3S/c1-10(2)9-16-11(5-6-14)8-12(15-16)13-4-3-7-17-13/h3-4,7-8,10H,5,9H2,1-2H3. The van der Waals surface area contributed by atoms with Crippen LogP contribution in [0.4, 0.5) is 0 Å². The molecule has 17 heavy (non-hydrogen) atoms. The smallest absolute Gasteiger partial charge is 0.103 e. The lowest BCUT2D eigenvalue weighted by Gasteiger charge is -2.07.